The van der Waals surface area contributed by atoms with Gasteiger partial charge in [0, 0.05) is 19.1 Å². The molecule has 0 unspecified atom stereocenters. The zero-order valence-corrected chi connectivity index (χ0v) is 13.6. The average molecular weight is 346 g/mol. The number of carbonyl (C=O) groups is 1. The van der Waals surface area contributed by atoms with E-state index in [-0.39, 0.29) is 23.6 Å². The van der Waals surface area contributed by atoms with E-state index in [4.69, 9.17) is 11.6 Å². The summed E-state index contributed by atoms with van der Waals surface area (Å²) >= 11 is 5.89. The van der Waals surface area contributed by atoms with Gasteiger partial charge in [0.05, 0.1) is 5.69 Å². The van der Waals surface area contributed by atoms with E-state index in [0.29, 0.717) is 16.7 Å². The van der Waals surface area contributed by atoms with Crippen molar-refractivity contribution in [3.63, 3.8) is 0 Å². The summed E-state index contributed by atoms with van der Waals surface area (Å²) in [6.07, 6.45) is 0. The molecule has 2 aromatic heterocycles. The molecule has 3 aromatic rings. The lowest BCUT2D eigenvalue weighted by atomic mass is 10.3. The van der Waals surface area contributed by atoms with Gasteiger partial charge in [-0.05, 0) is 24.3 Å². The molecule has 3 heterocycles. The highest BCUT2D eigenvalue weighted by Crippen LogP contribution is 2.32. The van der Waals surface area contributed by atoms with Crippen molar-refractivity contribution in [3.05, 3.63) is 50.1 Å². The molecule has 0 spiro atoms. The highest BCUT2D eigenvalue weighted by atomic mass is 35.5. The highest BCUT2D eigenvalue weighted by Gasteiger charge is 2.34. The monoisotopic (exact) mass is 345 g/mol. The van der Waals surface area contributed by atoms with Crippen molar-refractivity contribution in [3.8, 4) is 0 Å². The fourth-order valence-corrected chi connectivity index (χ4v) is 3.05. The smallest absolute Gasteiger partial charge is 0.294 e. The van der Waals surface area contributed by atoms with Crippen LogP contribution in [0.2, 0.25) is 5.02 Å². The van der Waals surface area contributed by atoms with Crippen LogP contribution in [0.5, 0.6) is 0 Å². The first-order chi connectivity index (χ1) is 11.4. The molecule has 0 bridgehead atoms. The Morgan fingerprint density at radius 1 is 1.04 bits per heavy atom. The Bertz CT molecular complexity index is 1120. The molecule has 1 aromatic carbocycles. The Morgan fingerprint density at radius 2 is 1.71 bits per heavy atom. The SMILES string of the molecule is Cn1c(=O)c2c(nc3n2CC(=O)N3c2ccc(Cl)cc2)n(C)c1=O. The third-order valence-corrected chi connectivity index (χ3v) is 4.41. The average Bonchev–Trinajstić information content (AvgIpc) is 3.06. The number of carbonyl (C=O) groups excluding carboxylic acids is 1. The van der Waals surface area contributed by atoms with Gasteiger partial charge in [-0.15, -0.1) is 0 Å². The number of imidazole rings is 1. The van der Waals surface area contributed by atoms with Crippen molar-refractivity contribution < 1.29 is 4.79 Å². The number of hydrogen-bond donors (Lipinski definition) is 0. The molecule has 0 radical (unpaired) electrons. The van der Waals surface area contributed by atoms with E-state index in [1.807, 2.05) is 0 Å². The molecule has 1 aliphatic heterocycles. The third-order valence-electron chi connectivity index (χ3n) is 4.16. The number of hydrogen-bond acceptors (Lipinski definition) is 4. The molecule has 0 atom stereocenters. The second kappa shape index (κ2) is 4.81. The van der Waals surface area contributed by atoms with Crippen LogP contribution in [0.3, 0.4) is 0 Å². The molecule has 8 nitrogen and oxygen atoms in total. The van der Waals surface area contributed by atoms with Crippen LogP contribution in [0.15, 0.2) is 33.9 Å². The maximum Gasteiger partial charge on any atom is 0.332 e. The molecule has 0 saturated heterocycles. The summed E-state index contributed by atoms with van der Waals surface area (Å²) in [6.45, 7) is -0.0120. The summed E-state index contributed by atoms with van der Waals surface area (Å²) in [5.74, 6) is 0.105. The van der Waals surface area contributed by atoms with Crippen molar-refractivity contribution in [2.75, 3.05) is 4.90 Å². The van der Waals surface area contributed by atoms with E-state index in [0.717, 1.165) is 4.57 Å². The largest absolute Gasteiger partial charge is 0.332 e. The van der Waals surface area contributed by atoms with E-state index in [9.17, 15) is 14.4 Å². The number of benzene rings is 1. The van der Waals surface area contributed by atoms with E-state index < -0.39 is 11.2 Å². The molecule has 0 aliphatic carbocycles. The van der Waals surface area contributed by atoms with Crippen molar-refractivity contribution in [1.29, 1.82) is 0 Å². The van der Waals surface area contributed by atoms with E-state index in [2.05, 4.69) is 4.98 Å². The normalized spacial score (nSPS) is 13.8. The molecule has 4 rings (SSSR count). The Balaban J connectivity index is 2.03. The van der Waals surface area contributed by atoms with Crippen LogP contribution >= 0.6 is 11.6 Å². The zero-order chi connectivity index (χ0) is 17.2. The van der Waals surface area contributed by atoms with Crippen molar-refractivity contribution in [2.24, 2.45) is 14.1 Å². The van der Waals surface area contributed by atoms with Gasteiger partial charge >= 0.3 is 5.69 Å². The molecule has 0 fully saturated rings. The van der Waals surface area contributed by atoms with Gasteiger partial charge in [-0.25, -0.2) is 9.69 Å². The number of amides is 1. The Morgan fingerprint density at radius 3 is 2.38 bits per heavy atom. The summed E-state index contributed by atoms with van der Waals surface area (Å²) in [4.78, 5) is 42.7. The predicted molar refractivity (Wildman–Crippen MR) is 88.8 cm³/mol. The number of aromatic nitrogens is 4. The molecule has 0 N–H and O–H groups in total. The second-order valence-corrected chi connectivity index (χ2v) is 6.02. The minimum Gasteiger partial charge on any atom is -0.294 e. The Hall–Kier alpha value is -2.87. The van der Waals surface area contributed by atoms with Gasteiger partial charge in [-0.2, -0.15) is 4.98 Å². The Labute approximate surface area is 140 Å². The molecule has 0 saturated carbocycles. The van der Waals surface area contributed by atoms with Crippen LogP contribution in [0.25, 0.3) is 11.2 Å². The first-order valence-corrected chi connectivity index (χ1v) is 7.52. The first-order valence-electron chi connectivity index (χ1n) is 7.15. The lowest BCUT2D eigenvalue weighted by molar-refractivity contribution is -0.117. The summed E-state index contributed by atoms with van der Waals surface area (Å²) in [6, 6.07) is 6.74. The predicted octanol–water partition coefficient (Wildman–Crippen LogP) is 0.765. The maximum atomic E-state index is 12.5. The minimum absolute atomic E-state index is 0.0120. The molecular formula is C15H12ClN5O3. The standard InChI is InChI=1S/C15H12ClN5O3/c1-18-12-11(13(23)19(2)15(18)24)20-7-10(22)21(14(20)17-12)9-5-3-8(16)4-6-9/h3-6H,7H2,1-2H3. The maximum absolute atomic E-state index is 12.5. The van der Waals surface area contributed by atoms with Gasteiger partial charge in [-0.3, -0.25) is 23.3 Å². The lowest BCUT2D eigenvalue weighted by Gasteiger charge is -2.13. The molecule has 122 valence electrons. The summed E-state index contributed by atoms with van der Waals surface area (Å²) in [5, 5.41) is 0.551. The van der Waals surface area contributed by atoms with Crippen molar-refractivity contribution in [2.45, 2.75) is 6.54 Å². The third kappa shape index (κ3) is 1.80. The number of rotatable bonds is 1. The summed E-state index contributed by atoms with van der Waals surface area (Å²) in [7, 11) is 2.94. The number of halogens is 1. The van der Waals surface area contributed by atoms with Crippen LogP contribution in [-0.4, -0.2) is 24.6 Å². The second-order valence-electron chi connectivity index (χ2n) is 5.58. The van der Waals surface area contributed by atoms with E-state index >= 15 is 0 Å². The van der Waals surface area contributed by atoms with Crippen LogP contribution in [0, 0.1) is 0 Å². The minimum atomic E-state index is -0.474. The lowest BCUT2D eigenvalue weighted by Crippen LogP contribution is -2.37. The topological polar surface area (TPSA) is 82.1 Å². The van der Waals surface area contributed by atoms with Crippen LogP contribution in [-0.2, 0) is 25.4 Å². The van der Waals surface area contributed by atoms with Gasteiger partial charge < -0.3 is 0 Å². The van der Waals surface area contributed by atoms with Gasteiger partial charge in [-0.1, -0.05) is 11.6 Å². The first kappa shape index (κ1) is 14.7. The van der Waals surface area contributed by atoms with Gasteiger partial charge in [0.2, 0.25) is 5.95 Å². The zero-order valence-electron chi connectivity index (χ0n) is 12.9. The highest BCUT2D eigenvalue weighted by molar-refractivity contribution is 6.30. The van der Waals surface area contributed by atoms with Gasteiger partial charge in [0.1, 0.15) is 6.54 Å². The molecule has 1 amide bonds. The quantitative estimate of drug-likeness (QED) is 0.652. The van der Waals surface area contributed by atoms with Crippen molar-refractivity contribution >= 4 is 40.3 Å². The Kier molecular flexibility index (Phi) is 2.95. The van der Waals surface area contributed by atoms with Crippen LogP contribution in [0.4, 0.5) is 11.6 Å². The molecular weight excluding hydrogens is 334 g/mol. The number of aryl methyl sites for hydroxylation is 1. The summed E-state index contributed by atoms with van der Waals surface area (Å²) < 4.78 is 3.84. The van der Waals surface area contributed by atoms with Crippen LogP contribution in [0.1, 0.15) is 0 Å². The number of anilines is 2. The van der Waals surface area contributed by atoms with Gasteiger partial charge in [0.25, 0.3) is 11.5 Å². The molecule has 9 heteroatoms. The number of fused-ring (bicyclic) bond motifs is 3. The van der Waals surface area contributed by atoms with E-state index in [1.54, 1.807) is 31.3 Å². The summed E-state index contributed by atoms with van der Waals surface area (Å²) in [5.41, 5.74) is 0.149. The number of nitrogens with zero attached hydrogens (tertiary/aromatic N) is 5. The molecule has 1 aliphatic rings. The van der Waals surface area contributed by atoms with E-state index in [1.165, 1.54) is 21.1 Å². The molecule has 24 heavy (non-hydrogen) atoms. The van der Waals surface area contributed by atoms with Gasteiger partial charge in [0.15, 0.2) is 11.2 Å². The van der Waals surface area contributed by atoms with Crippen molar-refractivity contribution in [1.82, 2.24) is 18.7 Å². The fraction of sp³-hybridized carbons (Fsp3) is 0.200. The fourth-order valence-electron chi connectivity index (χ4n) is 2.92. The van der Waals surface area contributed by atoms with Crippen LogP contribution < -0.4 is 16.1 Å².